The van der Waals surface area contributed by atoms with E-state index in [4.69, 9.17) is 4.42 Å². The van der Waals surface area contributed by atoms with Crippen molar-refractivity contribution in [3.63, 3.8) is 0 Å². The lowest BCUT2D eigenvalue weighted by molar-refractivity contribution is -0.384. The Morgan fingerprint density at radius 2 is 2.39 bits per heavy atom. The number of nitrogens with one attached hydrogen (secondary N) is 1. The van der Waals surface area contributed by atoms with Crippen LogP contribution in [0.15, 0.2) is 21.9 Å². The molecule has 0 aliphatic carbocycles. The molecule has 2 aromatic heterocycles. The van der Waals surface area contributed by atoms with Gasteiger partial charge in [0.1, 0.15) is 0 Å². The zero-order valence-electron chi connectivity index (χ0n) is 9.24. The van der Waals surface area contributed by atoms with E-state index in [9.17, 15) is 14.9 Å². The maximum absolute atomic E-state index is 11.7. The number of aromatic nitrogens is 3. The highest BCUT2D eigenvalue weighted by atomic mass is 32.2. The Hall–Kier alpha value is -2.16. The van der Waals surface area contributed by atoms with Crippen molar-refractivity contribution < 1.29 is 14.1 Å². The molecule has 8 nitrogen and oxygen atoms in total. The van der Waals surface area contributed by atoms with Crippen LogP contribution in [0.4, 0.5) is 5.69 Å². The maximum Gasteiger partial charge on any atom is 0.287 e. The van der Waals surface area contributed by atoms with Crippen LogP contribution in [0.2, 0.25) is 0 Å². The topological polar surface area (TPSA) is 115 Å². The van der Waals surface area contributed by atoms with Gasteiger partial charge in [0.05, 0.1) is 22.6 Å². The Morgan fingerprint density at radius 1 is 1.61 bits per heavy atom. The Labute approximate surface area is 105 Å². The van der Waals surface area contributed by atoms with Crippen molar-refractivity contribution >= 4 is 23.2 Å². The summed E-state index contributed by atoms with van der Waals surface area (Å²) in [6.45, 7) is 1.65. The number of carbonyl (C=O) groups excluding carboxylic acids is 1. The number of ketones is 1. The molecule has 0 amide bonds. The van der Waals surface area contributed by atoms with E-state index in [1.165, 1.54) is 12.3 Å². The van der Waals surface area contributed by atoms with Crippen LogP contribution in [0.25, 0.3) is 0 Å². The van der Waals surface area contributed by atoms with Gasteiger partial charge in [-0.1, -0.05) is 11.8 Å². The Bertz CT molecular complexity index is 591. The smallest absolute Gasteiger partial charge is 0.287 e. The van der Waals surface area contributed by atoms with Crippen LogP contribution in [0.5, 0.6) is 0 Å². The van der Waals surface area contributed by atoms with Crippen molar-refractivity contribution in [1.29, 1.82) is 0 Å². The number of hydrogen-bond donors (Lipinski definition) is 1. The summed E-state index contributed by atoms with van der Waals surface area (Å²) in [4.78, 5) is 24.1. The number of nitro groups is 1. The van der Waals surface area contributed by atoms with Gasteiger partial charge >= 0.3 is 0 Å². The molecule has 0 radical (unpaired) electrons. The molecule has 2 heterocycles. The van der Waals surface area contributed by atoms with Gasteiger partial charge in [0.15, 0.2) is 5.78 Å². The fourth-order valence-electron chi connectivity index (χ4n) is 1.19. The molecule has 0 saturated carbocycles. The van der Waals surface area contributed by atoms with Gasteiger partial charge in [0.2, 0.25) is 5.89 Å². The molecule has 9 heteroatoms. The molecule has 94 valence electrons. The zero-order chi connectivity index (χ0) is 13.1. The zero-order valence-corrected chi connectivity index (χ0v) is 10.1. The quantitative estimate of drug-likeness (QED) is 0.379. The van der Waals surface area contributed by atoms with Crippen LogP contribution in [0.1, 0.15) is 16.4 Å². The second kappa shape index (κ2) is 5.00. The first-order valence-corrected chi connectivity index (χ1v) is 5.83. The average Bonchev–Trinajstić information content (AvgIpc) is 2.94. The third kappa shape index (κ3) is 2.74. The number of rotatable bonds is 5. The molecule has 0 aromatic carbocycles. The molecule has 0 unspecified atom stereocenters. The fourth-order valence-corrected chi connectivity index (χ4v) is 1.88. The predicted octanol–water partition coefficient (Wildman–Crippen LogP) is 1.59. The predicted molar refractivity (Wildman–Crippen MR) is 61.5 cm³/mol. The summed E-state index contributed by atoms with van der Waals surface area (Å²) in [5.74, 6) is 0.212. The standard InChI is InChI=1S/C9H8N4O4S/c1-5-11-12-9(17-5)18-4-8(14)7-2-6(3-10-7)13(15)16/h2-3,10H,4H2,1H3. The monoisotopic (exact) mass is 268 g/mol. The molecule has 0 bridgehead atoms. The lowest BCUT2D eigenvalue weighted by Crippen LogP contribution is -2.02. The Morgan fingerprint density at radius 3 is 2.94 bits per heavy atom. The first-order valence-electron chi connectivity index (χ1n) is 4.85. The minimum Gasteiger partial charge on any atom is -0.416 e. The van der Waals surface area contributed by atoms with Gasteiger partial charge in [-0.2, -0.15) is 0 Å². The van der Waals surface area contributed by atoms with Crippen LogP contribution in [-0.4, -0.2) is 31.6 Å². The largest absolute Gasteiger partial charge is 0.416 e. The van der Waals surface area contributed by atoms with E-state index >= 15 is 0 Å². The summed E-state index contributed by atoms with van der Waals surface area (Å²) < 4.78 is 5.08. The van der Waals surface area contributed by atoms with Crippen LogP contribution < -0.4 is 0 Å². The number of thioether (sulfide) groups is 1. The summed E-state index contributed by atoms with van der Waals surface area (Å²) in [6, 6.07) is 1.20. The van der Waals surface area contributed by atoms with E-state index in [-0.39, 0.29) is 22.9 Å². The van der Waals surface area contributed by atoms with E-state index < -0.39 is 4.92 Å². The third-order valence-electron chi connectivity index (χ3n) is 2.01. The van der Waals surface area contributed by atoms with Crippen molar-refractivity contribution in [2.24, 2.45) is 0 Å². The molecule has 0 saturated heterocycles. The van der Waals surface area contributed by atoms with Gasteiger partial charge in [-0.05, 0) is 0 Å². The van der Waals surface area contributed by atoms with Gasteiger partial charge < -0.3 is 9.40 Å². The van der Waals surface area contributed by atoms with Crippen molar-refractivity contribution in [2.45, 2.75) is 12.1 Å². The van der Waals surface area contributed by atoms with Crippen molar-refractivity contribution in [3.8, 4) is 0 Å². The highest BCUT2D eigenvalue weighted by Crippen LogP contribution is 2.19. The summed E-state index contributed by atoms with van der Waals surface area (Å²) in [5.41, 5.74) is 0.0439. The van der Waals surface area contributed by atoms with Gasteiger partial charge in [0, 0.05) is 13.0 Å². The van der Waals surface area contributed by atoms with Crippen LogP contribution in [-0.2, 0) is 0 Å². The van der Waals surface area contributed by atoms with Crippen LogP contribution in [0, 0.1) is 17.0 Å². The summed E-state index contributed by atoms with van der Waals surface area (Å²) in [5, 5.41) is 18.1. The van der Waals surface area contributed by atoms with Crippen molar-refractivity contribution in [3.05, 3.63) is 34.0 Å². The van der Waals surface area contributed by atoms with E-state index in [0.717, 1.165) is 11.8 Å². The SMILES string of the molecule is Cc1nnc(SCC(=O)c2cc([N+](=O)[O-])c[nH]2)o1. The number of hydrogen-bond acceptors (Lipinski definition) is 7. The number of carbonyl (C=O) groups is 1. The maximum atomic E-state index is 11.7. The van der Waals surface area contributed by atoms with E-state index in [2.05, 4.69) is 15.2 Å². The number of H-pyrrole nitrogens is 1. The molecule has 18 heavy (non-hydrogen) atoms. The fraction of sp³-hybridized carbons (Fsp3) is 0.222. The molecule has 0 spiro atoms. The normalized spacial score (nSPS) is 10.5. The molecule has 0 atom stereocenters. The van der Waals surface area contributed by atoms with E-state index in [1.807, 2.05) is 0 Å². The second-order valence-electron chi connectivity index (χ2n) is 3.33. The van der Waals surface area contributed by atoms with E-state index in [0.29, 0.717) is 11.1 Å². The van der Waals surface area contributed by atoms with Crippen LogP contribution >= 0.6 is 11.8 Å². The highest BCUT2D eigenvalue weighted by molar-refractivity contribution is 7.99. The molecule has 2 rings (SSSR count). The minimum atomic E-state index is -0.568. The van der Waals surface area contributed by atoms with Gasteiger partial charge in [0.25, 0.3) is 10.9 Å². The summed E-state index contributed by atoms with van der Waals surface area (Å²) in [6.07, 6.45) is 1.18. The summed E-state index contributed by atoms with van der Waals surface area (Å²) >= 11 is 1.08. The minimum absolute atomic E-state index is 0.0688. The molecule has 0 fully saturated rings. The number of aryl methyl sites for hydroxylation is 1. The Kier molecular flexibility index (Phi) is 3.42. The third-order valence-corrected chi connectivity index (χ3v) is 2.83. The molecule has 1 N–H and O–H groups in total. The van der Waals surface area contributed by atoms with Gasteiger partial charge in [-0.25, -0.2) is 0 Å². The molecule has 0 aliphatic rings. The van der Waals surface area contributed by atoms with Crippen molar-refractivity contribution in [1.82, 2.24) is 15.2 Å². The molecule has 0 aliphatic heterocycles. The first-order chi connectivity index (χ1) is 8.56. The lowest BCUT2D eigenvalue weighted by Gasteiger charge is -1.93. The molecule has 2 aromatic rings. The van der Waals surface area contributed by atoms with Crippen molar-refractivity contribution in [2.75, 3.05) is 5.75 Å². The van der Waals surface area contributed by atoms with Gasteiger partial charge in [-0.15, -0.1) is 10.2 Å². The highest BCUT2D eigenvalue weighted by Gasteiger charge is 2.15. The molecular formula is C9H8N4O4S. The van der Waals surface area contributed by atoms with Gasteiger partial charge in [-0.3, -0.25) is 14.9 Å². The number of aromatic amines is 1. The second-order valence-corrected chi connectivity index (χ2v) is 4.25. The lowest BCUT2D eigenvalue weighted by atomic mass is 10.3. The first kappa shape index (κ1) is 12.3. The molecular weight excluding hydrogens is 260 g/mol. The van der Waals surface area contributed by atoms with E-state index in [1.54, 1.807) is 6.92 Å². The van der Waals surface area contributed by atoms with Crippen LogP contribution in [0.3, 0.4) is 0 Å². The summed E-state index contributed by atoms with van der Waals surface area (Å²) in [7, 11) is 0. The Balaban J connectivity index is 1.97. The number of nitrogens with zero attached hydrogens (tertiary/aromatic N) is 3. The number of Topliss-reactive ketones (excluding diaryl/α,β-unsaturated/α-hetero) is 1. The average molecular weight is 268 g/mol.